The summed E-state index contributed by atoms with van der Waals surface area (Å²) in [6.07, 6.45) is 1.00. The van der Waals surface area contributed by atoms with Crippen LogP contribution in [0.3, 0.4) is 0 Å². The molecule has 1 N–H and O–H groups in total. The molecule has 2 unspecified atom stereocenters. The first-order valence-corrected chi connectivity index (χ1v) is 11.7. The van der Waals surface area contributed by atoms with Crippen LogP contribution in [-0.2, 0) is 9.59 Å². The molecule has 2 aromatic carbocycles. The van der Waals surface area contributed by atoms with Crippen LogP contribution in [0.15, 0.2) is 52.4 Å². The Balaban J connectivity index is 1.65. The Hall–Kier alpha value is -3.07. The molecule has 0 radical (unpaired) electrons. The minimum Gasteiger partial charge on any atom is -0.323 e. The van der Waals surface area contributed by atoms with Gasteiger partial charge in [0.2, 0.25) is 5.91 Å². The number of carbonyl (C=O) groups excluding carboxylic acids is 2. The van der Waals surface area contributed by atoms with Gasteiger partial charge in [0.25, 0.3) is 5.91 Å². The van der Waals surface area contributed by atoms with Crippen molar-refractivity contribution in [3.8, 4) is 0 Å². The van der Waals surface area contributed by atoms with Crippen molar-refractivity contribution >= 4 is 46.0 Å². The molecule has 0 fully saturated rings. The van der Waals surface area contributed by atoms with Crippen LogP contribution in [-0.4, -0.2) is 39.0 Å². The zero-order valence-corrected chi connectivity index (χ0v) is 19.3. The number of carbonyl (C=O) groups is 2. The summed E-state index contributed by atoms with van der Waals surface area (Å²) in [5.41, 5.74) is 1.21. The molecule has 0 aromatic heterocycles. The van der Waals surface area contributed by atoms with E-state index in [1.54, 1.807) is 0 Å². The smallest absolute Gasteiger partial charge is 0.270 e. The normalized spacial score (nSPS) is 17.9. The topological polar surface area (TPSA) is 74.1 Å². The number of hydrogen-bond acceptors (Lipinski definition) is 5. The number of para-hydroxylation sites is 1. The molecule has 0 saturated heterocycles. The fraction of sp³-hybridized carbons (Fsp3) is 0.333. The number of fused-ring (bicyclic) bond motifs is 3. The van der Waals surface area contributed by atoms with Crippen molar-refractivity contribution in [2.24, 2.45) is 15.9 Å². The minimum absolute atomic E-state index is 0.216. The maximum Gasteiger partial charge on any atom is 0.270 e. The molecule has 33 heavy (non-hydrogen) atoms. The molecule has 0 bridgehead atoms. The third kappa shape index (κ3) is 4.68. The molecule has 2 amide bonds. The monoisotopic (exact) mass is 470 g/mol. The van der Waals surface area contributed by atoms with Gasteiger partial charge in [-0.3, -0.25) is 14.5 Å². The second-order valence-electron chi connectivity index (χ2n) is 8.33. The Morgan fingerprint density at radius 1 is 1.18 bits per heavy atom. The number of aliphatic imine (C=N–C) groups is 2. The molecular formula is C24H24F2N4O2S. The largest absolute Gasteiger partial charge is 0.323 e. The van der Waals surface area contributed by atoms with E-state index in [0.717, 1.165) is 23.8 Å². The molecular weight excluding hydrogens is 446 g/mol. The summed E-state index contributed by atoms with van der Waals surface area (Å²) in [6, 6.07) is 9.82. The average Bonchev–Trinajstić information content (AvgIpc) is 3.10. The van der Waals surface area contributed by atoms with Gasteiger partial charge in [-0.2, -0.15) is 4.99 Å². The second kappa shape index (κ2) is 9.43. The van der Waals surface area contributed by atoms with E-state index in [9.17, 15) is 18.4 Å². The van der Waals surface area contributed by atoms with E-state index in [1.165, 1.54) is 11.8 Å². The van der Waals surface area contributed by atoms with E-state index >= 15 is 0 Å². The van der Waals surface area contributed by atoms with Crippen molar-refractivity contribution in [1.29, 1.82) is 0 Å². The van der Waals surface area contributed by atoms with Gasteiger partial charge >= 0.3 is 0 Å². The first kappa shape index (κ1) is 23.1. The summed E-state index contributed by atoms with van der Waals surface area (Å²) < 4.78 is 27.6. The summed E-state index contributed by atoms with van der Waals surface area (Å²) in [6.45, 7) is 5.89. The van der Waals surface area contributed by atoms with Crippen LogP contribution in [0.25, 0.3) is 0 Å². The third-order valence-corrected chi connectivity index (χ3v) is 6.73. The lowest BCUT2D eigenvalue weighted by Gasteiger charge is -2.32. The average molecular weight is 471 g/mol. The Bertz CT molecular complexity index is 1160. The summed E-state index contributed by atoms with van der Waals surface area (Å²) in [5, 5.41) is 2.32. The summed E-state index contributed by atoms with van der Waals surface area (Å²) in [7, 11) is 0. The van der Waals surface area contributed by atoms with Crippen molar-refractivity contribution in [1.82, 2.24) is 4.90 Å². The van der Waals surface area contributed by atoms with Crippen LogP contribution in [0.1, 0.15) is 39.2 Å². The molecule has 2 aliphatic rings. The third-order valence-electron chi connectivity index (χ3n) is 5.40. The number of amidine groups is 2. The van der Waals surface area contributed by atoms with Gasteiger partial charge in [0.15, 0.2) is 5.17 Å². The van der Waals surface area contributed by atoms with Crippen molar-refractivity contribution in [3.05, 3.63) is 59.7 Å². The van der Waals surface area contributed by atoms with Gasteiger partial charge in [0, 0.05) is 11.6 Å². The SMILES string of the molecule is CCC(SC1=Nc2ccccc2C2=NC(=O)C(CC(C)C)N12)C(=O)Nc1cc(F)ccc1F. The Labute approximate surface area is 195 Å². The number of hydrogen-bond donors (Lipinski definition) is 1. The molecule has 6 nitrogen and oxygen atoms in total. The fourth-order valence-corrected chi connectivity index (χ4v) is 4.88. The molecule has 2 heterocycles. The molecule has 2 atom stereocenters. The van der Waals surface area contributed by atoms with Gasteiger partial charge in [-0.05, 0) is 43.0 Å². The van der Waals surface area contributed by atoms with Gasteiger partial charge in [-0.15, -0.1) is 0 Å². The van der Waals surface area contributed by atoms with Gasteiger partial charge in [-0.25, -0.2) is 13.8 Å². The van der Waals surface area contributed by atoms with Crippen molar-refractivity contribution < 1.29 is 18.4 Å². The van der Waals surface area contributed by atoms with Crippen molar-refractivity contribution in [3.63, 3.8) is 0 Å². The van der Waals surface area contributed by atoms with E-state index in [1.807, 2.05) is 49.9 Å². The van der Waals surface area contributed by atoms with Crippen LogP contribution in [0, 0.1) is 17.6 Å². The first-order valence-electron chi connectivity index (χ1n) is 10.8. The first-order chi connectivity index (χ1) is 15.8. The summed E-state index contributed by atoms with van der Waals surface area (Å²) >= 11 is 1.19. The standard InChI is InChI=1S/C24H24F2N4O2S/c1-4-20(23(32)27-18-12-14(25)9-10-16(18)26)33-24-28-17-8-6-5-7-15(17)21-29-22(31)19(30(21)24)11-13(2)3/h5-10,12-13,19-20H,4,11H2,1-3H3,(H,27,32). The van der Waals surface area contributed by atoms with Crippen LogP contribution < -0.4 is 5.32 Å². The zero-order chi connectivity index (χ0) is 23.7. The molecule has 4 rings (SSSR count). The van der Waals surface area contributed by atoms with Crippen LogP contribution in [0.5, 0.6) is 0 Å². The van der Waals surface area contributed by atoms with E-state index in [4.69, 9.17) is 4.99 Å². The quantitative estimate of drug-likeness (QED) is 0.636. The molecule has 0 saturated carbocycles. The Kier molecular flexibility index (Phi) is 6.60. The predicted octanol–water partition coefficient (Wildman–Crippen LogP) is 5.12. The molecule has 2 aliphatic heterocycles. The molecule has 2 aromatic rings. The van der Waals surface area contributed by atoms with Crippen molar-refractivity contribution in [2.45, 2.75) is 44.9 Å². The second-order valence-corrected chi connectivity index (χ2v) is 9.50. The highest BCUT2D eigenvalue weighted by atomic mass is 32.2. The van der Waals surface area contributed by atoms with Gasteiger partial charge in [0.1, 0.15) is 23.5 Å². The number of nitrogens with zero attached hydrogens (tertiary/aromatic N) is 3. The summed E-state index contributed by atoms with van der Waals surface area (Å²) in [4.78, 5) is 36.6. The van der Waals surface area contributed by atoms with E-state index in [0.29, 0.717) is 29.5 Å². The minimum atomic E-state index is -0.718. The van der Waals surface area contributed by atoms with Crippen LogP contribution in [0.4, 0.5) is 20.2 Å². The van der Waals surface area contributed by atoms with Crippen LogP contribution >= 0.6 is 11.8 Å². The molecule has 9 heteroatoms. The highest BCUT2D eigenvalue weighted by Crippen LogP contribution is 2.37. The van der Waals surface area contributed by atoms with Gasteiger partial charge in [0.05, 0.1) is 16.6 Å². The number of halogens is 2. The van der Waals surface area contributed by atoms with Crippen molar-refractivity contribution in [2.75, 3.05) is 5.32 Å². The predicted molar refractivity (Wildman–Crippen MR) is 127 cm³/mol. The van der Waals surface area contributed by atoms with E-state index in [2.05, 4.69) is 10.3 Å². The Morgan fingerprint density at radius 3 is 2.67 bits per heavy atom. The number of anilines is 1. The number of benzene rings is 2. The highest BCUT2D eigenvalue weighted by Gasteiger charge is 2.42. The summed E-state index contributed by atoms with van der Waals surface area (Å²) in [5.74, 6) is -1.29. The molecule has 0 aliphatic carbocycles. The Morgan fingerprint density at radius 2 is 1.94 bits per heavy atom. The van der Waals surface area contributed by atoms with E-state index in [-0.39, 0.29) is 17.5 Å². The lowest BCUT2D eigenvalue weighted by atomic mass is 10.0. The fourth-order valence-electron chi connectivity index (χ4n) is 3.81. The lowest BCUT2D eigenvalue weighted by molar-refractivity contribution is -0.120. The van der Waals surface area contributed by atoms with Crippen LogP contribution in [0.2, 0.25) is 0 Å². The number of amides is 2. The zero-order valence-electron chi connectivity index (χ0n) is 18.5. The number of rotatable bonds is 6. The maximum atomic E-state index is 14.0. The van der Waals surface area contributed by atoms with Gasteiger partial charge < -0.3 is 5.32 Å². The molecule has 172 valence electrons. The molecule has 0 spiro atoms. The number of thioether (sulfide) groups is 1. The highest BCUT2D eigenvalue weighted by molar-refractivity contribution is 8.15. The van der Waals surface area contributed by atoms with Gasteiger partial charge in [-0.1, -0.05) is 44.7 Å². The maximum absolute atomic E-state index is 14.0. The van der Waals surface area contributed by atoms with E-state index < -0.39 is 28.8 Å². The lowest BCUT2D eigenvalue weighted by Crippen LogP contribution is -2.45. The number of nitrogens with one attached hydrogen (secondary N) is 1.